The second kappa shape index (κ2) is 10.8. The van der Waals surface area contributed by atoms with Crippen LogP contribution in [0.25, 0.3) is 11.4 Å². The number of methoxy groups -OCH3 is 1. The zero-order valence-corrected chi connectivity index (χ0v) is 20.2. The summed E-state index contributed by atoms with van der Waals surface area (Å²) in [5.41, 5.74) is 1.98. The number of carbonyl (C=O) groups excluding carboxylic acids is 1. The Labute approximate surface area is 199 Å². The third-order valence-corrected chi connectivity index (χ3v) is 7.32. The monoisotopic (exact) mass is 465 g/mol. The average molecular weight is 466 g/mol. The predicted molar refractivity (Wildman–Crippen MR) is 130 cm³/mol. The topological polar surface area (TPSA) is 81.9 Å². The number of carbonyl (C=O) groups is 1. The number of amides is 1. The van der Waals surface area contributed by atoms with Crippen molar-refractivity contribution in [3.8, 4) is 17.1 Å². The fourth-order valence-electron chi connectivity index (χ4n) is 4.32. The summed E-state index contributed by atoms with van der Waals surface area (Å²) in [7, 11) is 1.64. The Morgan fingerprint density at radius 2 is 2.00 bits per heavy atom. The summed E-state index contributed by atoms with van der Waals surface area (Å²) in [4.78, 5) is 17.1. The standard InChI is InChI=1S/C25H31N5O2S/c1-17-7-4-5-9-22(17)30-23(20-8-6-14-26-16-20)28-29-25(30)33-18(2)24(31)27-15-19-10-12-21(32-3)13-11-19/h6,8,10-14,16-18,22H,4-5,7,9,15H2,1-3H3,(H,27,31). The average Bonchev–Trinajstić information content (AvgIpc) is 3.26. The van der Waals surface area contributed by atoms with Crippen LogP contribution in [0, 0.1) is 5.92 Å². The predicted octanol–water partition coefficient (Wildman–Crippen LogP) is 4.90. The van der Waals surface area contributed by atoms with Crippen LogP contribution in [-0.4, -0.2) is 38.0 Å². The smallest absolute Gasteiger partial charge is 0.233 e. The number of nitrogens with one attached hydrogen (secondary N) is 1. The lowest BCUT2D eigenvalue weighted by Gasteiger charge is -2.31. The Bertz CT molecular complexity index is 1050. The number of nitrogens with zero attached hydrogens (tertiary/aromatic N) is 4. The van der Waals surface area contributed by atoms with Gasteiger partial charge >= 0.3 is 0 Å². The van der Waals surface area contributed by atoms with Gasteiger partial charge in [-0.2, -0.15) is 0 Å². The molecule has 174 valence electrons. The number of rotatable bonds is 8. The summed E-state index contributed by atoms with van der Waals surface area (Å²) in [6.45, 7) is 4.69. The molecular weight excluding hydrogens is 434 g/mol. The van der Waals surface area contributed by atoms with E-state index < -0.39 is 0 Å². The van der Waals surface area contributed by atoms with Gasteiger partial charge in [0, 0.05) is 30.5 Å². The molecule has 3 unspecified atom stereocenters. The fraction of sp³-hybridized carbons (Fsp3) is 0.440. The summed E-state index contributed by atoms with van der Waals surface area (Å²) >= 11 is 1.47. The first-order chi connectivity index (χ1) is 16.1. The Morgan fingerprint density at radius 1 is 1.21 bits per heavy atom. The third kappa shape index (κ3) is 5.55. The van der Waals surface area contributed by atoms with Crippen molar-refractivity contribution < 1.29 is 9.53 Å². The summed E-state index contributed by atoms with van der Waals surface area (Å²) < 4.78 is 7.44. The number of pyridine rings is 1. The molecule has 3 aromatic rings. The maximum absolute atomic E-state index is 12.8. The molecule has 8 heteroatoms. The van der Waals surface area contributed by atoms with Crippen LogP contribution < -0.4 is 10.1 Å². The van der Waals surface area contributed by atoms with Crippen LogP contribution in [0.2, 0.25) is 0 Å². The molecule has 0 radical (unpaired) electrons. The van der Waals surface area contributed by atoms with Gasteiger partial charge in [-0.3, -0.25) is 14.3 Å². The van der Waals surface area contributed by atoms with E-state index in [1.165, 1.54) is 31.0 Å². The van der Waals surface area contributed by atoms with Crippen molar-refractivity contribution in [3.05, 3.63) is 54.4 Å². The van der Waals surface area contributed by atoms with E-state index in [1.807, 2.05) is 49.5 Å². The van der Waals surface area contributed by atoms with Gasteiger partial charge < -0.3 is 10.1 Å². The van der Waals surface area contributed by atoms with E-state index in [-0.39, 0.29) is 11.2 Å². The van der Waals surface area contributed by atoms with Gasteiger partial charge in [0.05, 0.1) is 12.4 Å². The second-order valence-corrected chi connectivity index (χ2v) is 9.88. The van der Waals surface area contributed by atoms with Gasteiger partial charge in [-0.15, -0.1) is 10.2 Å². The van der Waals surface area contributed by atoms with Gasteiger partial charge in [-0.25, -0.2) is 0 Å². The molecule has 1 aliphatic carbocycles. The van der Waals surface area contributed by atoms with Gasteiger partial charge in [-0.1, -0.05) is 43.7 Å². The highest BCUT2D eigenvalue weighted by Crippen LogP contribution is 2.39. The minimum absolute atomic E-state index is 0.0232. The Hall–Kier alpha value is -2.87. The highest BCUT2D eigenvalue weighted by Gasteiger charge is 2.30. The molecule has 1 saturated carbocycles. The fourth-order valence-corrected chi connectivity index (χ4v) is 5.25. The summed E-state index contributed by atoms with van der Waals surface area (Å²) in [5.74, 6) is 2.14. The molecule has 0 bridgehead atoms. The van der Waals surface area contributed by atoms with E-state index in [0.29, 0.717) is 18.5 Å². The molecule has 7 nitrogen and oxygen atoms in total. The van der Waals surface area contributed by atoms with Gasteiger partial charge in [0.25, 0.3) is 0 Å². The highest BCUT2D eigenvalue weighted by molar-refractivity contribution is 8.00. The lowest BCUT2D eigenvalue weighted by molar-refractivity contribution is -0.120. The zero-order chi connectivity index (χ0) is 23.2. The van der Waals surface area contributed by atoms with Crippen LogP contribution in [0.4, 0.5) is 0 Å². The van der Waals surface area contributed by atoms with E-state index in [1.54, 1.807) is 13.3 Å². The number of thioether (sulfide) groups is 1. The molecule has 2 aromatic heterocycles. The molecule has 1 aliphatic rings. The molecular formula is C25H31N5O2S. The molecule has 2 heterocycles. The zero-order valence-electron chi connectivity index (χ0n) is 19.4. The van der Waals surface area contributed by atoms with Crippen molar-refractivity contribution in [1.82, 2.24) is 25.1 Å². The van der Waals surface area contributed by atoms with Gasteiger partial charge in [0.2, 0.25) is 5.91 Å². The SMILES string of the molecule is COc1ccc(CNC(=O)C(C)Sc2nnc(-c3cccnc3)n2C2CCCCC2C)cc1. The van der Waals surface area contributed by atoms with Crippen LogP contribution >= 0.6 is 11.8 Å². The van der Waals surface area contributed by atoms with E-state index in [2.05, 4.69) is 32.0 Å². The second-order valence-electron chi connectivity index (χ2n) is 8.57. The Morgan fingerprint density at radius 3 is 2.70 bits per heavy atom. The first-order valence-electron chi connectivity index (χ1n) is 11.5. The van der Waals surface area contributed by atoms with Crippen molar-refractivity contribution in [2.75, 3.05) is 7.11 Å². The van der Waals surface area contributed by atoms with Crippen molar-refractivity contribution in [3.63, 3.8) is 0 Å². The molecule has 3 atom stereocenters. The molecule has 0 saturated heterocycles. The van der Waals surface area contributed by atoms with Gasteiger partial charge in [0.1, 0.15) is 5.75 Å². The summed E-state index contributed by atoms with van der Waals surface area (Å²) in [6, 6.07) is 12.0. The maximum atomic E-state index is 12.8. The minimum atomic E-state index is -0.299. The number of benzene rings is 1. The van der Waals surface area contributed by atoms with Crippen LogP contribution in [0.5, 0.6) is 5.75 Å². The molecule has 4 rings (SSSR count). The third-order valence-electron chi connectivity index (χ3n) is 6.26. The maximum Gasteiger partial charge on any atom is 0.233 e. The molecule has 1 fully saturated rings. The largest absolute Gasteiger partial charge is 0.497 e. The van der Waals surface area contributed by atoms with Crippen molar-refractivity contribution in [1.29, 1.82) is 0 Å². The lowest BCUT2D eigenvalue weighted by atomic mass is 9.85. The van der Waals surface area contributed by atoms with Crippen molar-refractivity contribution in [2.24, 2.45) is 5.92 Å². The molecule has 0 spiro atoms. The van der Waals surface area contributed by atoms with E-state index >= 15 is 0 Å². The normalized spacial score (nSPS) is 19.1. The Kier molecular flexibility index (Phi) is 7.65. The molecule has 33 heavy (non-hydrogen) atoms. The molecule has 1 N–H and O–H groups in total. The van der Waals surface area contributed by atoms with E-state index in [0.717, 1.165) is 34.3 Å². The summed E-state index contributed by atoms with van der Waals surface area (Å²) in [6.07, 6.45) is 8.33. The van der Waals surface area contributed by atoms with Gasteiger partial charge in [-0.05, 0) is 55.5 Å². The quantitative estimate of drug-likeness (QED) is 0.477. The first kappa shape index (κ1) is 23.3. The lowest BCUT2D eigenvalue weighted by Crippen LogP contribution is -2.31. The molecule has 1 amide bonds. The Balaban J connectivity index is 1.50. The number of ether oxygens (including phenoxy) is 1. The van der Waals surface area contributed by atoms with Crippen LogP contribution in [0.15, 0.2) is 53.9 Å². The minimum Gasteiger partial charge on any atom is -0.497 e. The van der Waals surface area contributed by atoms with Crippen molar-refractivity contribution >= 4 is 17.7 Å². The molecule has 1 aromatic carbocycles. The van der Waals surface area contributed by atoms with Crippen LogP contribution in [0.1, 0.15) is 51.1 Å². The number of hydrogen-bond donors (Lipinski definition) is 1. The highest BCUT2D eigenvalue weighted by atomic mass is 32.2. The van der Waals surface area contributed by atoms with Gasteiger partial charge in [0.15, 0.2) is 11.0 Å². The molecule has 0 aliphatic heterocycles. The van der Waals surface area contributed by atoms with Crippen LogP contribution in [0.3, 0.4) is 0 Å². The number of hydrogen-bond acceptors (Lipinski definition) is 6. The summed E-state index contributed by atoms with van der Waals surface area (Å²) in [5, 5.41) is 12.6. The number of aromatic nitrogens is 4. The van der Waals surface area contributed by atoms with Crippen LogP contribution in [-0.2, 0) is 11.3 Å². The van der Waals surface area contributed by atoms with Crippen molar-refractivity contribution in [2.45, 2.75) is 62.5 Å². The van der Waals surface area contributed by atoms with E-state index in [9.17, 15) is 4.79 Å². The first-order valence-corrected chi connectivity index (χ1v) is 12.4. The van der Waals surface area contributed by atoms with E-state index in [4.69, 9.17) is 4.74 Å².